The highest BCUT2D eigenvalue weighted by Crippen LogP contribution is 2.51. The molecule has 0 spiro atoms. The first-order valence-corrected chi connectivity index (χ1v) is 27.2. The molecule has 7 aromatic rings. The molecule has 0 fully saturated rings. The zero-order valence-corrected chi connectivity index (χ0v) is 40.2. The lowest BCUT2D eigenvalue weighted by molar-refractivity contribution is -0.158. The summed E-state index contributed by atoms with van der Waals surface area (Å²) in [5.74, 6) is -3.14. The lowest BCUT2D eigenvalue weighted by atomic mass is 9.75. The van der Waals surface area contributed by atoms with Gasteiger partial charge in [-0.25, -0.2) is 0 Å². The van der Waals surface area contributed by atoms with Crippen LogP contribution in [0.15, 0.2) is 188 Å². The van der Waals surface area contributed by atoms with E-state index in [-0.39, 0.29) is 19.4 Å². The molecule has 0 saturated carbocycles. The zero-order chi connectivity index (χ0) is 45.8. The molecule has 0 amide bonds. The minimum Gasteiger partial charge on any atom is -0.469 e. The molecule has 0 heterocycles. The van der Waals surface area contributed by atoms with Crippen molar-refractivity contribution in [1.82, 2.24) is 0 Å². The minimum absolute atomic E-state index is 0.00676. The fourth-order valence-electron chi connectivity index (χ4n) is 9.90. The van der Waals surface area contributed by atoms with Crippen molar-refractivity contribution in [2.75, 3.05) is 14.2 Å². The van der Waals surface area contributed by atoms with Crippen LogP contribution in [0.25, 0.3) is 0 Å². The summed E-state index contributed by atoms with van der Waals surface area (Å²) in [4.78, 5) is 27.9. The van der Waals surface area contributed by atoms with Gasteiger partial charge in [0.2, 0.25) is 0 Å². The van der Waals surface area contributed by atoms with Crippen LogP contribution in [-0.2, 0) is 52.1 Å². The van der Waals surface area contributed by atoms with Crippen molar-refractivity contribution in [3.05, 3.63) is 205 Å². The molecular weight excluding hydrogens is 863 g/mol. The molecule has 1 aliphatic carbocycles. The number of fused-ring (bicyclic) bond motifs is 1. The van der Waals surface area contributed by atoms with Gasteiger partial charge < -0.3 is 23.0 Å². The normalized spacial score (nSPS) is 15.4. The molecule has 8 rings (SSSR count). The van der Waals surface area contributed by atoms with Gasteiger partial charge in [-0.05, 0) is 51.0 Å². The van der Waals surface area contributed by atoms with Crippen molar-refractivity contribution in [3.63, 3.8) is 0 Å². The molecule has 0 bridgehead atoms. The van der Waals surface area contributed by atoms with Crippen LogP contribution in [0.2, 0.25) is 5.04 Å². The summed E-state index contributed by atoms with van der Waals surface area (Å²) in [6, 6.07) is 60.3. The molecule has 10 heteroatoms. The van der Waals surface area contributed by atoms with Gasteiger partial charge in [0.1, 0.15) is 0 Å². The number of hydrogen-bond acceptors (Lipinski definition) is 7. The maximum absolute atomic E-state index is 17.2. The first-order chi connectivity index (χ1) is 31.4. The largest absolute Gasteiger partial charge is 0.469 e. The lowest BCUT2D eigenvalue weighted by Gasteiger charge is -2.43. The van der Waals surface area contributed by atoms with E-state index in [0.29, 0.717) is 48.5 Å². The first-order valence-electron chi connectivity index (χ1n) is 21.9. The summed E-state index contributed by atoms with van der Waals surface area (Å²) < 4.78 is 52.6. The van der Waals surface area contributed by atoms with E-state index < -0.39 is 51.4 Å². The summed E-state index contributed by atoms with van der Waals surface area (Å²) in [6.45, 7) is 6.62. The Hall–Kier alpha value is -5.88. The summed E-state index contributed by atoms with van der Waals surface area (Å²) >= 11 is 0. The van der Waals surface area contributed by atoms with Crippen LogP contribution in [0.3, 0.4) is 0 Å². The van der Waals surface area contributed by atoms with Crippen molar-refractivity contribution in [2.24, 2.45) is 11.8 Å². The maximum Gasteiger partial charge on any atom is 0.309 e. The van der Waals surface area contributed by atoms with Crippen molar-refractivity contribution in [2.45, 2.75) is 45.3 Å². The number of rotatable bonds is 13. The van der Waals surface area contributed by atoms with E-state index in [1.165, 1.54) is 14.2 Å². The fraction of sp³-hybridized carbons (Fsp3) is 0.200. The minimum atomic E-state index is -3.90. The lowest BCUT2D eigenvalue weighted by Crippen LogP contribution is -2.66. The highest BCUT2D eigenvalue weighted by Gasteiger charge is 2.52. The van der Waals surface area contributed by atoms with Crippen LogP contribution in [0.1, 0.15) is 37.5 Å². The Balaban J connectivity index is 1.55. The van der Waals surface area contributed by atoms with Crippen molar-refractivity contribution < 1.29 is 32.6 Å². The predicted octanol–water partition coefficient (Wildman–Crippen LogP) is 7.72. The number of benzene rings is 7. The molecule has 0 unspecified atom stereocenters. The maximum atomic E-state index is 17.2. The number of methoxy groups -OCH3 is 2. The van der Waals surface area contributed by atoms with Crippen LogP contribution in [0, 0.1) is 11.8 Å². The molecule has 0 aromatic heterocycles. The van der Waals surface area contributed by atoms with Gasteiger partial charge in [0.25, 0.3) is 8.32 Å². The van der Waals surface area contributed by atoms with E-state index in [2.05, 4.69) is 45.0 Å². The highest BCUT2D eigenvalue weighted by atomic mass is 31.2. The molecule has 1 aliphatic rings. The van der Waals surface area contributed by atoms with Gasteiger partial charge >= 0.3 is 11.9 Å². The Kier molecular flexibility index (Phi) is 13.3. The van der Waals surface area contributed by atoms with Gasteiger partial charge in [-0.3, -0.25) is 9.59 Å². The summed E-state index contributed by atoms with van der Waals surface area (Å²) in [5, 5.41) is 5.10. The monoisotopic (exact) mass is 916 g/mol. The van der Waals surface area contributed by atoms with Crippen LogP contribution >= 0.6 is 14.3 Å². The number of carbonyl (C=O) groups excluding carboxylic acids is 2. The van der Waals surface area contributed by atoms with Gasteiger partial charge in [0.15, 0.2) is 14.3 Å². The molecule has 330 valence electrons. The topological polar surface area (TPSA) is 96.0 Å². The standard InChI is InChI=1S/C55H54O7P2Si/c1-55(2,3)65(45-32-20-10-21-33-45,46-34-22-11-23-35-46)62-39-40-36-51(63(58,41-24-12-6-13-25-41)42-26-14-7-15-27-42)47-37-49(53(56)60-4)50(54(57)61-5)38-48(47)52(40)64(59,43-28-16-8-17-29-43)44-30-18-9-19-31-44/h6-36,49-50H,37-39H2,1-5H3/t49-,50-/m1/s1. The van der Waals surface area contributed by atoms with Crippen LogP contribution < -0.4 is 42.2 Å². The molecular formula is C55H54O7P2Si. The Bertz CT molecular complexity index is 2740. The molecule has 65 heavy (non-hydrogen) atoms. The molecule has 7 aromatic carbocycles. The van der Waals surface area contributed by atoms with Crippen molar-refractivity contribution in [3.8, 4) is 0 Å². The van der Waals surface area contributed by atoms with Crippen LogP contribution in [0.4, 0.5) is 0 Å². The summed E-state index contributed by atoms with van der Waals surface area (Å²) in [5.41, 5.74) is 1.80. The smallest absolute Gasteiger partial charge is 0.309 e. The second-order valence-electron chi connectivity index (χ2n) is 17.5. The number of ether oxygens (including phenoxy) is 2. The van der Waals surface area contributed by atoms with E-state index in [4.69, 9.17) is 13.9 Å². The van der Waals surface area contributed by atoms with E-state index >= 15 is 9.13 Å². The first kappa shape index (κ1) is 45.7. The Labute approximate surface area is 383 Å². The predicted molar refractivity (Wildman–Crippen MR) is 266 cm³/mol. The average Bonchev–Trinajstić information content (AvgIpc) is 3.36. The third-order valence-corrected chi connectivity index (χ3v) is 24.3. The van der Waals surface area contributed by atoms with E-state index in [1.54, 1.807) is 0 Å². The number of carbonyl (C=O) groups is 2. The molecule has 2 atom stereocenters. The fourth-order valence-corrected chi connectivity index (χ4v) is 20.5. The third kappa shape index (κ3) is 8.23. The Morgan fingerprint density at radius 3 is 1.22 bits per heavy atom. The SMILES string of the molecule is COC(=O)[C@@H]1Cc2c(P(=O)(c3ccccc3)c3ccccc3)cc(CO[Si](c3ccccc3)(c3ccccc3)C(C)(C)C)c(P(=O)(c3ccccc3)c3ccccc3)c2C[C@H]1C(=O)OC. The van der Waals surface area contributed by atoms with Gasteiger partial charge in [-0.2, -0.15) is 0 Å². The number of hydrogen-bond donors (Lipinski definition) is 0. The van der Waals surface area contributed by atoms with E-state index in [0.717, 1.165) is 10.4 Å². The average molecular weight is 917 g/mol. The molecule has 0 aliphatic heterocycles. The van der Waals surface area contributed by atoms with Gasteiger partial charge in [0, 0.05) is 31.8 Å². The van der Waals surface area contributed by atoms with E-state index in [1.807, 2.05) is 164 Å². The number of esters is 2. The molecule has 0 radical (unpaired) electrons. The third-order valence-electron chi connectivity index (χ3n) is 12.9. The summed E-state index contributed by atoms with van der Waals surface area (Å²) in [7, 11) is -8.35. The van der Waals surface area contributed by atoms with Gasteiger partial charge in [-0.1, -0.05) is 203 Å². The Morgan fingerprint density at radius 2 is 0.862 bits per heavy atom. The quantitative estimate of drug-likeness (QED) is 0.0665. The van der Waals surface area contributed by atoms with E-state index in [9.17, 15) is 9.59 Å². The van der Waals surface area contributed by atoms with Crippen LogP contribution in [0.5, 0.6) is 0 Å². The zero-order valence-electron chi connectivity index (χ0n) is 37.4. The van der Waals surface area contributed by atoms with Gasteiger partial charge in [-0.15, -0.1) is 0 Å². The van der Waals surface area contributed by atoms with Gasteiger partial charge in [0.05, 0.1) is 32.7 Å². The van der Waals surface area contributed by atoms with Crippen molar-refractivity contribution in [1.29, 1.82) is 0 Å². The second kappa shape index (κ2) is 18.9. The molecule has 0 N–H and O–H groups in total. The second-order valence-corrected chi connectivity index (χ2v) is 27.3. The molecule has 7 nitrogen and oxygen atoms in total. The molecule has 0 saturated heterocycles. The van der Waals surface area contributed by atoms with Crippen molar-refractivity contribution >= 4 is 76.7 Å². The highest BCUT2D eigenvalue weighted by molar-refractivity contribution is 7.86. The summed E-state index contributed by atoms with van der Waals surface area (Å²) in [6.07, 6.45) is -0.0302. The van der Waals surface area contributed by atoms with Crippen LogP contribution in [-0.4, -0.2) is 34.5 Å². The Morgan fingerprint density at radius 1 is 0.523 bits per heavy atom.